The highest BCUT2D eigenvalue weighted by Crippen LogP contribution is 2.22. The molecule has 160 valence electrons. The summed E-state index contributed by atoms with van der Waals surface area (Å²) < 4.78 is 32.7. The summed E-state index contributed by atoms with van der Waals surface area (Å²) in [7, 11) is -2.36. The van der Waals surface area contributed by atoms with Crippen LogP contribution in [0, 0.1) is 10.1 Å². The van der Waals surface area contributed by atoms with Crippen LogP contribution in [0.5, 0.6) is 5.75 Å². The van der Waals surface area contributed by atoms with E-state index in [0.717, 1.165) is 0 Å². The first-order chi connectivity index (χ1) is 14.8. The number of nitrogens with zero attached hydrogens (tertiary/aromatic N) is 1. The number of methoxy groups -OCH3 is 1. The van der Waals surface area contributed by atoms with Crippen LogP contribution in [0.25, 0.3) is 0 Å². The molecule has 0 unspecified atom stereocenters. The van der Waals surface area contributed by atoms with E-state index in [1.807, 2.05) is 0 Å². The van der Waals surface area contributed by atoms with Gasteiger partial charge >= 0.3 is 0 Å². The number of carbonyl (C=O) groups excluding carboxylic acids is 1. The Morgan fingerprint density at radius 3 is 2.39 bits per heavy atom. The number of sulfonamides is 1. The Bertz CT molecular complexity index is 1210. The molecule has 0 aliphatic carbocycles. The molecule has 10 heteroatoms. The SMILES string of the molecule is COc1cccc(NS(=O)(=O)c2ccc(NC(=O)Cc3ccccc3[N+](=O)[O-])cc2)c1. The highest BCUT2D eigenvalue weighted by atomic mass is 32.2. The predicted molar refractivity (Wildman–Crippen MR) is 116 cm³/mol. The molecule has 3 aromatic rings. The monoisotopic (exact) mass is 441 g/mol. The zero-order chi connectivity index (χ0) is 22.4. The average Bonchev–Trinajstić information content (AvgIpc) is 2.74. The fraction of sp³-hybridized carbons (Fsp3) is 0.0952. The Hall–Kier alpha value is -3.92. The minimum Gasteiger partial charge on any atom is -0.497 e. The van der Waals surface area contributed by atoms with Crippen molar-refractivity contribution < 1.29 is 22.9 Å². The summed E-state index contributed by atoms with van der Waals surface area (Å²) in [4.78, 5) is 22.8. The molecular weight excluding hydrogens is 422 g/mol. The van der Waals surface area contributed by atoms with Crippen LogP contribution in [0.15, 0.2) is 77.7 Å². The van der Waals surface area contributed by atoms with Crippen LogP contribution < -0.4 is 14.8 Å². The minimum atomic E-state index is -3.84. The normalized spacial score (nSPS) is 10.9. The lowest BCUT2D eigenvalue weighted by atomic mass is 10.1. The molecule has 0 aromatic heterocycles. The number of anilines is 2. The van der Waals surface area contributed by atoms with E-state index in [1.165, 1.54) is 49.6 Å². The number of nitro groups is 1. The van der Waals surface area contributed by atoms with Crippen molar-refractivity contribution in [3.05, 3.63) is 88.5 Å². The summed E-state index contributed by atoms with van der Waals surface area (Å²) in [6.07, 6.45) is -0.186. The quantitative estimate of drug-likeness (QED) is 0.406. The van der Waals surface area contributed by atoms with Gasteiger partial charge in [-0.05, 0) is 36.4 Å². The van der Waals surface area contributed by atoms with Crippen LogP contribution in [-0.2, 0) is 21.2 Å². The molecule has 0 aliphatic rings. The first-order valence-electron chi connectivity index (χ1n) is 9.07. The standard InChI is InChI=1S/C21H19N3O6S/c1-30-18-7-4-6-17(14-18)23-31(28,29)19-11-9-16(10-12-19)22-21(25)13-15-5-2-3-8-20(15)24(26)27/h2-12,14,23H,13H2,1H3,(H,22,25). The topological polar surface area (TPSA) is 128 Å². The second kappa shape index (κ2) is 9.26. The number of hydrogen-bond donors (Lipinski definition) is 2. The molecule has 9 nitrogen and oxygen atoms in total. The third kappa shape index (κ3) is 5.58. The molecule has 0 spiro atoms. The Labute approximate surface area is 178 Å². The molecule has 0 bridgehead atoms. The van der Waals surface area contributed by atoms with Gasteiger partial charge in [-0.1, -0.05) is 24.3 Å². The average molecular weight is 441 g/mol. The second-order valence-corrected chi connectivity index (χ2v) is 8.16. The minimum absolute atomic E-state index is 0.00650. The van der Waals surface area contributed by atoms with Crippen molar-refractivity contribution in [2.75, 3.05) is 17.1 Å². The zero-order valence-electron chi connectivity index (χ0n) is 16.4. The van der Waals surface area contributed by atoms with Crippen LogP contribution in [0.4, 0.5) is 17.1 Å². The Morgan fingerprint density at radius 1 is 1.00 bits per heavy atom. The molecule has 2 N–H and O–H groups in total. The van der Waals surface area contributed by atoms with E-state index in [4.69, 9.17) is 4.74 Å². The number of nitrogens with one attached hydrogen (secondary N) is 2. The van der Waals surface area contributed by atoms with Gasteiger partial charge in [0.2, 0.25) is 5.91 Å². The zero-order valence-corrected chi connectivity index (χ0v) is 17.3. The van der Waals surface area contributed by atoms with Gasteiger partial charge in [-0.2, -0.15) is 0 Å². The van der Waals surface area contributed by atoms with Gasteiger partial charge in [-0.3, -0.25) is 19.6 Å². The van der Waals surface area contributed by atoms with Gasteiger partial charge in [0.25, 0.3) is 15.7 Å². The molecule has 1 amide bonds. The van der Waals surface area contributed by atoms with Gasteiger partial charge in [0.05, 0.1) is 29.0 Å². The molecule has 0 radical (unpaired) electrons. The Kier molecular flexibility index (Phi) is 6.51. The summed E-state index contributed by atoms with van der Waals surface area (Å²) in [5.41, 5.74) is 0.861. The fourth-order valence-electron chi connectivity index (χ4n) is 2.83. The van der Waals surface area contributed by atoms with Crippen molar-refractivity contribution in [2.24, 2.45) is 0 Å². The van der Waals surface area contributed by atoms with Crippen LogP contribution in [0.1, 0.15) is 5.56 Å². The van der Waals surface area contributed by atoms with Crippen LogP contribution in [-0.4, -0.2) is 26.4 Å². The molecule has 31 heavy (non-hydrogen) atoms. The molecule has 0 saturated carbocycles. The van der Waals surface area contributed by atoms with Crippen LogP contribution >= 0.6 is 0 Å². The number of amides is 1. The lowest BCUT2D eigenvalue weighted by molar-refractivity contribution is -0.385. The molecule has 3 aromatic carbocycles. The number of nitro benzene ring substituents is 1. The van der Waals surface area contributed by atoms with E-state index in [0.29, 0.717) is 17.1 Å². The Balaban J connectivity index is 1.68. The summed E-state index contributed by atoms with van der Waals surface area (Å²) >= 11 is 0. The molecular formula is C21H19N3O6S. The van der Waals surface area contributed by atoms with Gasteiger partial charge in [-0.25, -0.2) is 8.42 Å². The maximum absolute atomic E-state index is 12.6. The van der Waals surface area contributed by atoms with Crippen molar-refractivity contribution in [1.82, 2.24) is 0 Å². The molecule has 0 fully saturated rings. The smallest absolute Gasteiger partial charge is 0.273 e. The highest BCUT2D eigenvalue weighted by molar-refractivity contribution is 7.92. The number of benzene rings is 3. The second-order valence-electron chi connectivity index (χ2n) is 6.47. The van der Waals surface area contributed by atoms with E-state index in [2.05, 4.69) is 10.0 Å². The van der Waals surface area contributed by atoms with Gasteiger partial charge < -0.3 is 10.1 Å². The van der Waals surface area contributed by atoms with Gasteiger partial charge in [0, 0.05) is 23.4 Å². The van der Waals surface area contributed by atoms with E-state index >= 15 is 0 Å². The van der Waals surface area contributed by atoms with Gasteiger partial charge in [0.1, 0.15) is 5.75 Å². The Morgan fingerprint density at radius 2 is 1.71 bits per heavy atom. The number of ether oxygens (including phenoxy) is 1. The first kappa shape index (κ1) is 21.8. The maximum atomic E-state index is 12.6. The van der Waals surface area contributed by atoms with Crippen LogP contribution in [0.2, 0.25) is 0 Å². The van der Waals surface area contributed by atoms with Crippen LogP contribution in [0.3, 0.4) is 0 Å². The number of carbonyl (C=O) groups is 1. The van der Waals surface area contributed by atoms with Crippen molar-refractivity contribution in [3.8, 4) is 5.75 Å². The maximum Gasteiger partial charge on any atom is 0.273 e. The molecule has 0 saturated heterocycles. The largest absolute Gasteiger partial charge is 0.497 e. The molecule has 3 rings (SSSR count). The van der Waals surface area contributed by atoms with Crippen molar-refractivity contribution in [1.29, 1.82) is 0 Å². The summed E-state index contributed by atoms with van der Waals surface area (Å²) in [5, 5.41) is 13.7. The van der Waals surface area contributed by atoms with Crippen molar-refractivity contribution in [3.63, 3.8) is 0 Å². The highest BCUT2D eigenvalue weighted by Gasteiger charge is 2.17. The summed E-state index contributed by atoms with van der Waals surface area (Å²) in [5.74, 6) is 0.0522. The summed E-state index contributed by atoms with van der Waals surface area (Å²) in [6, 6.07) is 18.1. The molecule has 0 aliphatic heterocycles. The van der Waals surface area contributed by atoms with Crippen molar-refractivity contribution >= 4 is 33.0 Å². The fourth-order valence-corrected chi connectivity index (χ4v) is 3.88. The van der Waals surface area contributed by atoms with Crippen molar-refractivity contribution in [2.45, 2.75) is 11.3 Å². The lowest BCUT2D eigenvalue weighted by Crippen LogP contribution is -2.16. The lowest BCUT2D eigenvalue weighted by Gasteiger charge is -2.10. The number of rotatable bonds is 8. The predicted octanol–water partition coefficient (Wildman–Crippen LogP) is 3.59. The number of hydrogen-bond acceptors (Lipinski definition) is 6. The molecule has 0 atom stereocenters. The molecule has 0 heterocycles. The van der Waals surface area contributed by atoms with Gasteiger partial charge in [0.15, 0.2) is 0 Å². The third-order valence-electron chi connectivity index (χ3n) is 4.31. The summed E-state index contributed by atoms with van der Waals surface area (Å²) in [6.45, 7) is 0. The van der Waals surface area contributed by atoms with E-state index in [-0.39, 0.29) is 22.6 Å². The first-order valence-corrected chi connectivity index (χ1v) is 10.6. The number of para-hydroxylation sites is 1. The third-order valence-corrected chi connectivity index (χ3v) is 5.71. The van der Waals surface area contributed by atoms with E-state index in [1.54, 1.807) is 30.3 Å². The van der Waals surface area contributed by atoms with E-state index < -0.39 is 20.9 Å². The van der Waals surface area contributed by atoms with Gasteiger partial charge in [-0.15, -0.1) is 0 Å². The van der Waals surface area contributed by atoms with E-state index in [9.17, 15) is 23.3 Å².